The zero-order chi connectivity index (χ0) is 13.1. The van der Waals surface area contributed by atoms with Crippen molar-refractivity contribution in [3.8, 4) is 0 Å². The van der Waals surface area contributed by atoms with Gasteiger partial charge in [-0.2, -0.15) is 13.2 Å². The number of aliphatic hydroxyl groups is 1. The first-order valence-electron chi connectivity index (χ1n) is 5.30. The highest BCUT2D eigenvalue weighted by Crippen LogP contribution is 2.26. The lowest BCUT2D eigenvalue weighted by Crippen LogP contribution is -2.08. The quantitative estimate of drug-likeness (QED) is 0.803. The van der Waals surface area contributed by atoms with Gasteiger partial charge in [-0.25, -0.2) is 4.39 Å². The molecule has 96 valence electrons. The van der Waals surface area contributed by atoms with Crippen LogP contribution in [-0.4, -0.2) is 11.3 Å². The number of aryl methyl sites for hydroxylation is 1. The van der Waals surface area contributed by atoms with Crippen LogP contribution >= 0.6 is 0 Å². The summed E-state index contributed by atoms with van der Waals surface area (Å²) in [5.74, 6) is -0.491. The molecule has 17 heavy (non-hydrogen) atoms. The Morgan fingerprint density at radius 3 is 2.41 bits per heavy atom. The zero-order valence-electron chi connectivity index (χ0n) is 9.39. The summed E-state index contributed by atoms with van der Waals surface area (Å²) in [5.41, 5.74) is 0.958. The maximum Gasteiger partial charge on any atom is 0.389 e. The third-order valence-electron chi connectivity index (χ3n) is 2.39. The van der Waals surface area contributed by atoms with Crippen LogP contribution in [0.2, 0.25) is 0 Å². The first kappa shape index (κ1) is 14.0. The summed E-state index contributed by atoms with van der Waals surface area (Å²) in [4.78, 5) is 0. The Hall–Kier alpha value is -1.10. The van der Waals surface area contributed by atoms with Crippen LogP contribution in [-0.2, 0) is 0 Å². The van der Waals surface area contributed by atoms with Gasteiger partial charge in [-0.05, 0) is 43.0 Å². The first-order chi connectivity index (χ1) is 7.78. The summed E-state index contributed by atoms with van der Waals surface area (Å²) in [6.07, 6.45) is -6.38. The summed E-state index contributed by atoms with van der Waals surface area (Å²) in [5, 5.41) is 9.63. The van der Waals surface area contributed by atoms with E-state index < -0.39 is 24.5 Å². The van der Waals surface area contributed by atoms with Crippen molar-refractivity contribution in [2.75, 3.05) is 0 Å². The molecule has 5 heteroatoms. The molecule has 0 amide bonds. The smallest absolute Gasteiger partial charge is 0.388 e. The van der Waals surface area contributed by atoms with Gasteiger partial charge in [-0.15, -0.1) is 0 Å². The normalized spacial score (nSPS) is 13.8. The molecule has 0 radical (unpaired) electrons. The maximum absolute atomic E-state index is 13.0. The molecule has 0 bridgehead atoms. The summed E-state index contributed by atoms with van der Waals surface area (Å²) < 4.78 is 48.7. The molecule has 1 rings (SSSR count). The second kappa shape index (κ2) is 5.49. The fourth-order valence-corrected chi connectivity index (χ4v) is 1.62. The van der Waals surface area contributed by atoms with Gasteiger partial charge in [0.15, 0.2) is 0 Å². The Balaban J connectivity index is 2.55. The van der Waals surface area contributed by atoms with Crippen LogP contribution in [0.25, 0.3) is 0 Å². The summed E-state index contributed by atoms with van der Waals surface area (Å²) in [6, 6.07) is 4.01. The van der Waals surface area contributed by atoms with Gasteiger partial charge in [0.2, 0.25) is 0 Å². The first-order valence-corrected chi connectivity index (χ1v) is 5.30. The van der Waals surface area contributed by atoms with Gasteiger partial charge >= 0.3 is 6.18 Å². The number of halogens is 4. The average Bonchev–Trinajstić information content (AvgIpc) is 2.13. The molecule has 0 spiro atoms. The van der Waals surface area contributed by atoms with Crippen molar-refractivity contribution in [2.45, 2.75) is 38.5 Å². The standard InChI is InChI=1S/C12H14F4O/c1-8-5-9(7-10(13)6-8)11(17)3-2-4-12(14,15)16/h5-7,11,17H,2-4H2,1H3. The number of benzene rings is 1. The number of alkyl halides is 3. The van der Waals surface area contributed by atoms with Gasteiger partial charge in [0, 0.05) is 6.42 Å². The van der Waals surface area contributed by atoms with Crippen molar-refractivity contribution in [2.24, 2.45) is 0 Å². The van der Waals surface area contributed by atoms with Gasteiger partial charge < -0.3 is 5.11 Å². The highest BCUT2D eigenvalue weighted by Gasteiger charge is 2.26. The van der Waals surface area contributed by atoms with Crippen LogP contribution in [0.4, 0.5) is 17.6 Å². The minimum atomic E-state index is -4.21. The highest BCUT2D eigenvalue weighted by molar-refractivity contribution is 5.25. The molecule has 0 saturated heterocycles. The Kier molecular flexibility index (Phi) is 4.51. The summed E-state index contributed by atoms with van der Waals surface area (Å²) in [7, 11) is 0. The van der Waals surface area contributed by atoms with Crippen molar-refractivity contribution >= 4 is 0 Å². The monoisotopic (exact) mass is 250 g/mol. The van der Waals surface area contributed by atoms with Crippen LogP contribution in [0.5, 0.6) is 0 Å². The van der Waals surface area contributed by atoms with E-state index in [0.29, 0.717) is 11.1 Å². The second-order valence-corrected chi connectivity index (χ2v) is 4.09. The van der Waals surface area contributed by atoms with E-state index in [1.165, 1.54) is 6.07 Å². The van der Waals surface area contributed by atoms with Crippen LogP contribution < -0.4 is 0 Å². The molecule has 0 fully saturated rings. The Morgan fingerprint density at radius 2 is 1.88 bits per heavy atom. The Bertz CT molecular complexity index is 353. The molecule has 0 aromatic heterocycles. The van der Waals surface area contributed by atoms with Gasteiger partial charge in [0.05, 0.1) is 6.10 Å². The van der Waals surface area contributed by atoms with Gasteiger partial charge in [0.25, 0.3) is 0 Å². The molecule has 0 aliphatic carbocycles. The van der Waals surface area contributed by atoms with Gasteiger partial charge in [-0.1, -0.05) is 6.07 Å². The van der Waals surface area contributed by atoms with Crippen LogP contribution in [0.3, 0.4) is 0 Å². The van der Waals surface area contributed by atoms with Crippen molar-refractivity contribution in [1.82, 2.24) is 0 Å². The van der Waals surface area contributed by atoms with Crippen molar-refractivity contribution in [3.05, 3.63) is 35.1 Å². The Labute approximate surface area is 97.1 Å². The number of aliphatic hydroxyl groups excluding tert-OH is 1. The largest absolute Gasteiger partial charge is 0.389 e. The molecule has 1 aromatic rings. The van der Waals surface area contributed by atoms with Crippen molar-refractivity contribution in [3.63, 3.8) is 0 Å². The van der Waals surface area contributed by atoms with E-state index >= 15 is 0 Å². The predicted molar refractivity (Wildman–Crippen MR) is 56.0 cm³/mol. The van der Waals surface area contributed by atoms with E-state index in [-0.39, 0.29) is 12.8 Å². The minimum absolute atomic E-state index is 0.0254. The number of hydrogen-bond donors (Lipinski definition) is 1. The van der Waals surface area contributed by atoms with E-state index in [4.69, 9.17) is 0 Å². The topological polar surface area (TPSA) is 20.2 Å². The molecule has 1 aromatic carbocycles. The van der Waals surface area contributed by atoms with Crippen molar-refractivity contribution in [1.29, 1.82) is 0 Å². The molecule has 0 aliphatic heterocycles. The third kappa shape index (κ3) is 5.17. The van der Waals surface area contributed by atoms with Gasteiger partial charge in [0.1, 0.15) is 5.82 Å². The number of rotatable bonds is 4. The third-order valence-corrected chi connectivity index (χ3v) is 2.39. The molecular formula is C12H14F4O. The maximum atomic E-state index is 13.0. The molecule has 1 atom stereocenters. The lowest BCUT2D eigenvalue weighted by Gasteiger charge is -2.12. The molecule has 0 saturated carbocycles. The average molecular weight is 250 g/mol. The van der Waals surface area contributed by atoms with E-state index in [1.54, 1.807) is 13.0 Å². The predicted octanol–water partition coefficient (Wildman–Crippen LogP) is 3.90. The fourth-order valence-electron chi connectivity index (χ4n) is 1.62. The lowest BCUT2D eigenvalue weighted by atomic mass is 10.0. The molecular weight excluding hydrogens is 236 g/mol. The van der Waals surface area contributed by atoms with Crippen LogP contribution in [0, 0.1) is 12.7 Å². The summed E-state index contributed by atoms with van der Waals surface area (Å²) in [6.45, 7) is 1.66. The van der Waals surface area contributed by atoms with Crippen molar-refractivity contribution < 1.29 is 22.7 Å². The molecule has 0 aliphatic rings. The SMILES string of the molecule is Cc1cc(F)cc(C(O)CCCC(F)(F)F)c1. The fraction of sp³-hybridized carbons (Fsp3) is 0.500. The van der Waals surface area contributed by atoms with E-state index in [2.05, 4.69) is 0 Å². The van der Waals surface area contributed by atoms with E-state index in [9.17, 15) is 22.7 Å². The van der Waals surface area contributed by atoms with E-state index in [0.717, 1.165) is 6.07 Å². The minimum Gasteiger partial charge on any atom is -0.388 e. The molecule has 1 unspecified atom stereocenters. The molecule has 1 N–H and O–H groups in total. The Morgan fingerprint density at radius 1 is 1.24 bits per heavy atom. The van der Waals surface area contributed by atoms with E-state index in [1.807, 2.05) is 0 Å². The second-order valence-electron chi connectivity index (χ2n) is 4.09. The lowest BCUT2D eigenvalue weighted by molar-refractivity contribution is -0.136. The van der Waals surface area contributed by atoms with Crippen LogP contribution in [0.1, 0.15) is 36.5 Å². The summed E-state index contributed by atoms with van der Waals surface area (Å²) >= 11 is 0. The molecule has 1 nitrogen and oxygen atoms in total. The highest BCUT2D eigenvalue weighted by atomic mass is 19.4. The van der Waals surface area contributed by atoms with Crippen LogP contribution in [0.15, 0.2) is 18.2 Å². The number of hydrogen-bond acceptors (Lipinski definition) is 1. The van der Waals surface area contributed by atoms with Gasteiger partial charge in [-0.3, -0.25) is 0 Å². The molecule has 0 heterocycles. The zero-order valence-corrected chi connectivity index (χ0v) is 9.39.